The summed E-state index contributed by atoms with van der Waals surface area (Å²) >= 11 is 0. The molecule has 0 saturated carbocycles. The monoisotopic (exact) mass is 680 g/mol. The standard InChI is InChI=1S/C51H40N2/c1-4-20-46(51(38-21-8-5-9-22-38,39-23-10-6-11-24-39)40-25-12-7-13-26-40)36(2)37(3)52-47-30-17-16-29-44(47)45-35-41(33-34-50(45)52)53-48-31-18-14-27-42(48)43-28-15-19-32-49(43)53/h4-35H,1H2,2-3H3/b37-36+,46-20+. The lowest BCUT2D eigenvalue weighted by molar-refractivity contribution is 0.731. The van der Waals surface area contributed by atoms with Gasteiger partial charge in [0.05, 0.1) is 27.5 Å². The summed E-state index contributed by atoms with van der Waals surface area (Å²) in [6.45, 7) is 8.82. The Morgan fingerprint density at radius 2 is 0.887 bits per heavy atom. The van der Waals surface area contributed by atoms with Gasteiger partial charge in [-0.25, -0.2) is 0 Å². The van der Waals surface area contributed by atoms with E-state index < -0.39 is 5.41 Å². The summed E-state index contributed by atoms with van der Waals surface area (Å²) in [5, 5.41) is 4.98. The van der Waals surface area contributed by atoms with E-state index in [2.05, 4.69) is 218 Å². The molecular weight excluding hydrogens is 641 g/mol. The summed E-state index contributed by atoms with van der Waals surface area (Å²) in [6, 6.07) is 65.9. The Kier molecular flexibility index (Phi) is 8.01. The molecule has 0 N–H and O–H groups in total. The Labute approximate surface area is 310 Å². The Bertz CT molecular complexity index is 2700. The molecule has 2 heteroatoms. The molecule has 0 aliphatic heterocycles. The summed E-state index contributed by atoms with van der Waals surface area (Å²) in [6.07, 6.45) is 4.17. The first kappa shape index (κ1) is 32.3. The molecular formula is C51H40N2. The molecule has 254 valence electrons. The highest BCUT2D eigenvalue weighted by Crippen LogP contribution is 2.49. The van der Waals surface area contributed by atoms with Crippen LogP contribution in [0.4, 0.5) is 0 Å². The van der Waals surface area contributed by atoms with Gasteiger partial charge in [0.25, 0.3) is 0 Å². The van der Waals surface area contributed by atoms with Gasteiger partial charge >= 0.3 is 0 Å². The van der Waals surface area contributed by atoms with E-state index in [-0.39, 0.29) is 0 Å². The van der Waals surface area contributed by atoms with Crippen LogP contribution in [0.2, 0.25) is 0 Å². The fraction of sp³-hybridized carbons (Fsp3) is 0.0588. The van der Waals surface area contributed by atoms with E-state index in [0.717, 1.165) is 5.69 Å². The van der Waals surface area contributed by atoms with Crippen molar-refractivity contribution in [2.45, 2.75) is 19.3 Å². The zero-order chi connectivity index (χ0) is 35.9. The lowest BCUT2D eigenvalue weighted by Crippen LogP contribution is -2.33. The quantitative estimate of drug-likeness (QED) is 0.112. The van der Waals surface area contributed by atoms with Gasteiger partial charge in [0.1, 0.15) is 0 Å². The van der Waals surface area contributed by atoms with Crippen LogP contribution in [0.5, 0.6) is 0 Å². The molecule has 53 heavy (non-hydrogen) atoms. The van der Waals surface area contributed by atoms with Crippen molar-refractivity contribution in [1.29, 1.82) is 0 Å². The topological polar surface area (TPSA) is 9.86 Å². The first-order valence-electron chi connectivity index (χ1n) is 18.3. The molecule has 0 bridgehead atoms. The van der Waals surface area contributed by atoms with Crippen LogP contribution in [0.3, 0.4) is 0 Å². The predicted molar refractivity (Wildman–Crippen MR) is 226 cm³/mol. The Balaban J connectivity index is 1.32. The predicted octanol–water partition coefficient (Wildman–Crippen LogP) is 13.3. The highest BCUT2D eigenvalue weighted by Gasteiger charge is 2.41. The third kappa shape index (κ3) is 5.02. The lowest BCUT2D eigenvalue weighted by Gasteiger charge is -2.39. The number of fused-ring (bicyclic) bond motifs is 6. The van der Waals surface area contributed by atoms with Crippen molar-refractivity contribution in [2.75, 3.05) is 0 Å². The molecule has 0 atom stereocenters. The largest absolute Gasteiger partial charge is 0.313 e. The number of allylic oxidation sites excluding steroid dienone is 5. The van der Waals surface area contributed by atoms with Crippen molar-refractivity contribution in [3.05, 3.63) is 229 Å². The van der Waals surface area contributed by atoms with Crippen LogP contribution >= 0.6 is 0 Å². The van der Waals surface area contributed by atoms with Gasteiger partial charge in [-0.15, -0.1) is 0 Å². The number of nitrogens with zero attached hydrogens (tertiary/aromatic N) is 2. The highest BCUT2D eigenvalue weighted by atomic mass is 15.0. The van der Waals surface area contributed by atoms with Crippen LogP contribution in [0, 0.1) is 0 Å². The molecule has 9 aromatic rings. The third-order valence-electron chi connectivity index (χ3n) is 11.1. The summed E-state index contributed by atoms with van der Waals surface area (Å²) in [7, 11) is 0. The maximum absolute atomic E-state index is 4.27. The number of para-hydroxylation sites is 3. The Hall–Kier alpha value is -6.64. The number of benzene rings is 7. The molecule has 9 rings (SSSR count). The maximum atomic E-state index is 4.27. The van der Waals surface area contributed by atoms with E-state index in [1.165, 1.54) is 77.1 Å². The van der Waals surface area contributed by atoms with Crippen LogP contribution in [-0.2, 0) is 5.41 Å². The first-order chi connectivity index (χ1) is 26.1. The molecule has 0 unspecified atom stereocenters. The van der Waals surface area contributed by atoms with E-state index in [1.807, 2.05) is 6.08 Å². The molecule has 7 aromatic carbocycles. The molecule has 0 radical (unpaired) electrons. The number of rotatable bonds is 8. The second kappa shape index (κ2) is 13.2. The lowest BCUT2D eigenvalue weighted by atomic mass is 9.62. The molecule has 0 fully saturated rings. The summed E-state index contributed by atoms with van der Waals surface area (Å²) in [5.74, 6) is 0. The Morgan fingerprint density at radius 3 is 1.38 bits per heavy atom. The maximum Gasteiger partial charge on any atom is 0.0704 e. The SMILES string of the molecule is C=C/C=C(\C(C)=C(/C)n1c2ccccc2c2cc(-n3c4ccccc4c4ccccc43)ccc21)C(c1ccccc1)(c1ccccc1)c1ccccc1. The van der Waals surface area contributed by atoms with Crippen molar-refractivity contribution in [3.8, 4) is 5.69 Å². The molecule has 0 aliphatic carbocycles. The molecule has 2 heterocycles. The van der Waals surface area contributed by atoms with Crippen molar-refractivity contribution < 1.29 is 0 Å². The van der Waals surface area contributed by atoms with Crippen LogP contribution in [0.1, 0.15) is 30.5 Å². The Morgan fingerprint density at radius 1 is 0.472 bits per heavy atom. The van der Waals surface area contributed by atoms with Crippen molar-refractivity contribution in [1.82, 2.24) is 9.13 Å². The second-order valence-electron chi connectivity index (χ2n) is 13.8. The van der Waals surface area contributed by atoms with Crippen LogP contribution in [0.25, 0.3) is 55.0 Å². The van der Waals surface area contributed by atoms with Gasteiger partial charge in [-0.05, 0) is 78.1 Å². The highest BCUT2D eigenvalue weighted by molar-refractivity contribution is 6.12. The van der Waals surface area contributed by atoms with Crippen molar-refractivity contribution in [2.24, 2.45) is 0 Å². The summed E-state index contributed by atoms with van der Waals surface area (Å²) in [4.78, 5) is 0. The fourth-order valence-corrected chi connectivity index (χ4v) is 8.70. The number of aromatic nitrogens is 2. The average molecular weight is 681 g/mol. The van der Waals surface area contributed by atoms with E-state index in [4.69, 9.17) is 0 Å². The van der Waals surface area contributed by atoms with Crippen LogP contribution < -0.4 is 0 Å². The van der Waals surface area contributed by atoms with Crippen LogP contribution in [0.15, 0.2) is 212 Å². The van der Waals surface area contributed by atoms with Gasteiger partial charge in [0, 0.05) is 32.9 Å². The number of hydrogen-bond donors (Lipinski definition) is 0. The van der Waals surface area contributed by atoms with E-state index in [1.54, 1.807) is 0 Å². The van der Waals surface area contributed by atoms with E-state index in [9.17, 15) is 0 Å². The first-order valence-corrected chi connectivity index (χ1v) is 18.3. The van der Waals surface area contributed by atoms with Crippen LogP contribution in [-0.4, -0.2) is 9.13 Å². The molecule has 0 aliphatic rings. The number of hydrogen-bond acceptors (Lipinski definition) is 0. The van der Waals surface area contributed by atoms with Gasteiger partial charge in [-0.1, -0.05) is 164 Å². The zero-order valence-corrected chi connectivity index (χ0v) is 30.1. The normalized spacial score (nSPS) is 12.8. The van der Waals surface area contributed by atoms with Crippen molar-refractivity contribution in [3.63, 3.8) is 0 Å². The van der Waals surface area contributed by atoms with Gasteiger partial charge in [0.15, 0.2) is 0 Å². The minimum absolute atomic E-state index is 0.605. The smallest absolute Gasteiger partial charge is 0.0704 e. The zero-order valence-electron chi connectivity index (χ0n) is 30.1. The summed E-state index contributed by atoms with van der Waals surface area (Å²) in [5.41, 5.74) is 12.5. The average Bonchev–Trinajstić information content (AvgIpc) is 3.74. The van der Waals surface area contributed by atoms with Gasteiger partial charge in [-0.3, -0.25) is 0 Å². The van der Waals surface area contributed by atoms with Gasteiger partial charge < -0.3 is 9.13 Å². The van der Waals surface area contributed by atoms with Crippen molar-refractivity contribution >= 4 is 49.3 Å². The third-order valence-corrected chi connectivity index (χ3v) is 11.1. The molecule has 0 spiro atoms. The molecule has 0 amide bonds. The minimum Gasteiger partial charge on any atom is -0.313 e. The molecule has 2 nitrogen and oxygen atoms in total. The molecule has 2 aromatic heterocycles. The fourth-order valence-electron chi connectivity index (χ4n) is 8.70. The summed E-state index contributed by atoms with van der Waals surface area (Å²) < 4.78 is 4.86. The van der Waals surface area contributed by atoms with E-state index >= 15 is 0 Å². The minimum atomic E-state index is -0.605. The molecule has 0 saturated heterocycles. The second-order valence-corrected chi connectivity index (χ2v) is 13.8. The van der Waals surface area contributed by atoms with Gasteiger partial charge in [-0.2, -0.15) is 0 Å². The van der Waals surface area contributed by atoms with Gasteiger partial charge in [0.2, 0.25) is 0 Å². The van der Waals surface area contributed by atoms with E-state index in [0.29, 0.717) is 0 Å².